The summed E-state index contributed by atoms with van der Waals surface area (Å²) in [6.45, 7) is 0. The molecule has 0 amide bonds. The minimum Gasteiger partial charge on any atom is -0.377 e. The highest BCUT2D eigenvalue weighted by molar-refractivity contribution is 7.86. The lowest BCUT2D eigenvalue weighted by atomic mass is 10.1. The van der Waals surface area contributed by atoms with E-state index in [1.807, 2.05) is 0 Å². The lowest BCUT2D eigenvalue weighted by Gasteiger charge is -2.17. The number of hydrogen-bond acceptors (Lipinski definition) is 5. The molecule has 2 rings (SSSR count). The van der Waals surface area contributed by atoms with Gasteiger partial charge in [0, 0.05) is 30.6 Å². The fourth-order valence-electron chi connectivity index (χ4n) is 2.06. The third-order valence-electron chi connectivity index (χ3n) is 2.98. The fraction of sp³-hybridized carbons (Fsp3) is 0.167. The van der Waals surface area contributed by atoms with E-state index in [1.54, 1.807) is 19.0 Å². The van der Waals surface area contributed by atoms with Gasteiger partial charge in [0.2, 0.25) is 0 Å². The summed E-state index contributed by atoms with van der Waals surface area (Å²) in [5, 5.41) is 0.446. The van der Waals surface area contributed by atoms with Crippen LogP contribution in [-0.2, 0) is 20.2 Å². The van der Waals surface area contributed by atoms with E-state index in [1.165, 1.54) is 18.2 Å². The van der Waals surface area contributed by atoms with E-state index in [9.17, 15) is 21.4 Å². The van der Waals surface area contributed by atoms with Crippen LogP contribution in [0.4, 0.5) is 5.69 Å². The highest BCUT2D eigenvalue weighted by atomic mass is 32.2. The first-order valence-electron chi connectivity index (χ1n) is 5.71. The van der Waals surface area contributed by atoms with Crippen LogP contribution in [0.5, 0.6) is 0 Å². The maximum atomic E-state index is 11.4. The first kappa shape index (κ1) is 15.7. The zero-order chi connectivity index (χ0) is 16.0. The second-order valence-electron chi connectivity index (χ2n) is 4.63. The van der Waals surface area contributed by atoms with E-state index in [4.69, 9.17) is 4.55 Å². The van der Waals surface area contributed by atoms with E-state index in [0.717, 1.165) is 12.1 Å². The van der Waals surface area contributed by atoms with Crippen LogP contribution in [-0.4, -0.2) is 40.0 Å². The number of hydrogen-bond donors (Lipinski definition) is 2. The van der Waals surface area contributed by atoms with Crippen LogP contribution >= 0.6 is 0 Å². The van der Waals surface area contributed by atoms with E-state index in [0.29, 0.717) is 5.69 Å². The smallest absolute Gasteiger partial charge is 0.295 e. The zero-order valence-electron chi connectivity index (χ0n) is 11.2. The van der Waals surface area contributed by atoms with Crippen molar-refractivity contribution < 1.29 is 25.9 Å². The van der Waals surface area contributed by atoms with Crippen molar-refractivity contribution in [3.8, 4) is 0 Å². The molecule has 2 N–H and O–H groups in total. The van der Waals surface area contributed by atoms with Crippen molar-refractivity contribution in [2.75, 3.05) is 19.0 Å². The van der Waals surface area contributed by atoms with Crippen LogP contribution in [0.3, 0.4) is 0 Å². The molecule has 114 valence electrons. The van der Waals surface area contributed by atoms with Gasteiger partial charge in [0.1, 0.15) is 4.90 Å². The molecule has 0 aliphatic heterocycles. The Bertz CT molecular complexity index is 916. The summed E-state index contributed by atoms with van der Waals surface area (Å²) in [4.78, 5) is 0.972. The summed E-state index contributed by atoms with van der Waals surface area (Å²) in [6, 6.07) is 6.15. The van der Waals surface area contributed by atoms with Gasteiger partial charge in [-0.15, -0.1) is 0 Å². The standard InChI is InChI=1S/C12H13NO6S2/c1-13(2)11-5-6-12(21(17,18)19)9-4-3-8(7-10(9)11)20(14,15)16/h3-7H,1-2H3,(H,14,15,16)(H,17,18,19). The van der Waals surface area contributed by atoms with Gasteiger partial charge in [0.05, 0.1) is 4.90 Å². The molecule has 0 unspecified atom stereocenters. The number of rotatable bonds is 3. The Morgan fingerprint density at radius 1 is 0.857 bits per heavy atom. The van der Waals surface area contributed by atoms with Gasteiger partial charge < -0.3 is 4.90 Å². The second kappa shape index (κ2) is 4.95. The normalized spacial score (nSPS) is 12.6. The van der Waals surface area contributed by atoms with Crippen LogP contribution in [0.25, 0.3) is 10.8 Å². The molecule has 0 radical (unpaired) electrons. The Balaban J connectivity index is 2.97. The molecule has 0 saturated carbocycles. The van der Waals surface area contributed by atoms with E-state index in [2.05, 4.69) is 0 Å². The van der Waals surface area contributed by atoms with Gasteiger partial charge in [0.15, 0.2) is 0 Å². The van der Waals surface area contributed by atoms with Crippen molar-refractivity contribution in [3.63, 3.8) is 0 Å². The maximum Gasteiger partial charge on any atom is 0.295 e. The maximum absolute atomic E-state index is 11.4. The SMILES string of the molecule is CN(C)c1ccc(S(=O)(=O)O)c2ccc(S(=O)(=O)O)cc12. The molecule has 0 bridgehead atoms. The average molecular weight is 331 g/mol. The van der Waals surface area contributed by atoms with Gasteiger partial charge in [-0.1, -0.05) is 6.07 Å². The first-order valence-corrected chi connectivity index (χ1v) is 8.59. The van der Waals surface area contributed by atoms with Crippen molar-refractivity contribution in [1.82, 2.24) is 0 Å². The quantitative estimate of drug-likeness (QED) is 0.817. The first-order chi connectivity index (χ1) is 9.51. The number of nitrogens with zero attached hydrogens (tertiary/aromatic N) is 1. The summed E-state index contributed by atoms with van der Waals surface area (Å²) in [6.07, 6.45) is 0. The molecule has 0 aliphatic carbocycles. The molecule has 0 heterocycles. The molecule has 7 nitrogen and oxygen atoms in total. The van der Waals surface area contributed by atoms with Crippen LogP contribution in [0.2, 0.25) is 0 Å². The summed E-state index contributed by atoms with van der Waals surface area (Å²) in [5.74, 6) is 0. The summed E-state index contributed by atoms with van der Waals surface area (Å²) in [5.41, 5.74) is 0.544. The molecule has 0 aliphatic rings. The van der Waals surface area contributed by atoms with Gasteiger partial charge in [0.25, 0.3) is 20.2 Å². The molecule has 0 aromatic heterocycles. The van der Waals surface area contributed by atoms with Gasteiger partial charge >= 0.3 is 0 Å². The fourth-order valence-corrected chi connectivity index (χ4v) is 3.26. The van der Waals surface area contributed by atoms with Gasteiger partial charge in [-0.05, 0) is 24.3 Å². The molecule has 9 heteroatoms. The Morgan fingerprint density at radius 3 is 1.95 bits per heavy atom. The van der Waals surface area contributed by atoms with Crippen molar-refractivity contribution in [2.45, 2.75) is 9.79 Å². The Kier molecular flexibility index (Phi) is 3.70. The topological polar surface area (TPSA) is 112 Å². The molecule has 0 fully saturated rings. The molecule has 0 saturated heterocycles. The Hall–Kier alpha value is -1.68. The van der Waals surface area contributed by atoms with E-state index in [-0.39, 0.29) is 20.6 Å². The number of anilines is 1. The predicted molar refractivity (Wildman–Crippen MR) is 77.9 cm³/mol. The molecule has 0 atom stereocenters. The van der Waals surface area contributed by atoms with Crippen LogP contribution in [0, 0.1) is 0 Å². The highest BCUT2D eigenvalue weighted by Gasteiger charge is 2.19. The molecule has 21 heavy (non-hydrogen) atoms. The van der Waals surface area contributed by atoms with Crippen molar-refractivity contribution in [3.05, 3.63) is 30.3 Å². The van der Waals surface area contributed by atoms with Gasteiger partial charge in [-0.3, -0.25) is 9.11 Å². The molecular weight excluding hydrogens is 318 g/mol. The summed E-state index contributed by atoms with van der Waals surface area (Å²) < 4.78 is 63.5. The molecule has 0 spiro atoms. The van der Waals surface area contributed by atoms with Crippen molar-refractivity contribution >= 4 is 36.7 Å². The molecule has 2 aromatic carbocycles. The molecule has 2 aromatic rings. The third-order valence-corrected chi connectivity index (χ3v) is 4.74. The number of benzene rings is 2. The van der Waals surface area contributed by atoms with Crippen LogP contribution in [0.1, 0.15) is 0 Å². The van der Waals surface area contributed by atoms with E-state index >= 15 is 0 Å². The van der Waals surface area contributed by atoms with E-state index < -0.39 is 20.2 Å². The van der Waals surface area contributed by atoms with Crippen LogP contribution < -0.4 is 4.90 Å². The largest absolute Gasteiger partial charge is 0.377 e. The minimum atomic E-state index is -4.45. The zero-order valence-corrected chi connectivity index (χ0v) is 12.8. The lowest BCUT2D eigenvalue weighted by Crippen LogP contribution is -2.10. The predicted octanol–water partition coefficient (Wildman–Crippen LogP) is 1.40. The Labute approximate surface area is 122 Å². The second-order valence-corrected chi connectivity index (χ2v) is 7.45. The minimum absolute atomic E-state index is 0.163. The Morgan fingerprint density at radius 2 is 1.48 bits per heavy atom. The molecular formula is C12H13NO6S2. The highest BCUT2D eigenvalue weighted by Crippen LogP contribution is 2.32. The lowest BCUT2D eigenvalue weighted by molar-refractivity contribution is 0.482. The summed E-state index contributed by atoms with van der Waals surface area (Å²) >= 11 is 0. The van der Waals surface area contributed by atoms with Crippen molar-refractivity contribution in [2.24, 2.45) is 0 Å². The van der Waals surface area contributed by atoms with Crippen molar-refractivity contribution in [1.29, 1.82) is 0 Å². The number of fused-ring (bicyclic) bond motifs is 1. The summed E-state index contributed by atoms with van der Waals surface area (Å²) in [7, 11) is -5.47. The van der Waals surface area contributed by atoms with Gasteiger partial charge in [-0.25, -0.2) is 0 Å². The monoisotopic (exact) mass is 331 g/mol. The average Bonchev–Trinajstić information content (AvgIpc) is 2.34. The van der Waals surface area contributed by atoms with Crippen LogP contribution in [0.15, 0.2) is 40.1 Å². The van der Waals surface area contributed by atoms with Gasteiger partial charge in [-0.2, -0.15) is 16.8 Å². The third kappa shape index (κ3) is 3.00.